The van der Waals surface area contributed by atoms with E-state index >= 15 is 0 Å². The summed E-state index contributed by atoms with van der Waals surface area (Å²) >= 11 is 0. The lowest BCUT2D eigenvalue weighted by Crippen LogP contribution is -2.51. The minimum absolute atomic E-state index is 0.0952. The highest BCUT2D eigenvalue weighted by Crippen LogP contribution is 2.67. The van der Waals surface area contributed by atoms with Gasteiger partial charge in [-0.3, -0.25) is 4.79 Å². The van der Waals surface area contributed by atoms with Crippen molar-refractivity contribution in [3.05, 3.63) is 11.6 Å². The second-order valence-corrected chi connectivity index (χ2v) is 13.1. The van der Waals surface area contributed by atoms with Crippen molar-refractivity contribution < 1.29 is 14.6 Å². The zero-order valence-corrected chi connectivity index (χ0v) is 21.6. The van der Waals surface area contributed by atoms with Gasteiger partial charge in [-0.05, 0) is 106 Å². The Kier molecular flexibility index (Phi) is 6.64. The van der Waals surface area contributed by atoms with E-state index in [4.69, 9.17) is 4.74 Å². The fourth-order valence-corrected chi connectivity index (χ4v) is 9.00. The molecule has 0 aromatic heterocycles. The maximum Gasteiger partial charge on any atom is 0.302 e. The van der Waals surface area contributed by atoms with Crippen LogP contribution in [0, 0.1) is 40.4 Å². The van der Waals surface area contributed by atoms with Gasteiger partial charge < -0.3 is 9.84 Å². The number of carbonyl (C=O) groups excluding carboxylic acids is 1. The number of esters is 1. The number of ether oxygens (including phenoxy) is 1. The number of fused-ring (bicyclic) bond motifs is 5. The molecule has 3 fully saturated rings. The molecule has 3 nitrogen and oxygen atoms in total. The molecule has 0 aromatic rings. The van der Waals surface area contributed by atoms with Gasteiger partial charge in [0.15, 0.2) is 0 Å². The highest BCUT2D eigenvalue weighted by Gasteiger charge is 2.59. The van der Waals surface area contributed by atoms with Crippen LogP contribution in [0.2, 0.25) is 0 Å². The normalized spacial score (nSPS) is 42.3. The Labute approximate surface area is 196 Å². The van der Waals surface area contributed by atoms with E-state index in [-0.39, 0.29) is 12.1 Å². The first-order valence-electron chi connectivity index (χ1n) is 13.5. The van der Waals surface area contributed by atoms with Crippen molar-refractivity contribution in [3.63, 3.8) is 0 Å². The number of rotatable bonds is 6. The van der Waals surface area contributed by atoms with Crippen LogP contribution in [0.1, 0.15) is 112 Å². The van der Waals surface area contributed by atoms with Gasteiger partial charge in [-0.25, -0.2) is 0 Å². The van der Waals surface area contributed by atoms with Crippen LogP contribution < -0.4 is 0 Å². The number of hydrogen-bond donors (Lipinski definition) is 1. The van der Waals surface area contributed by atoms with Crippen molar-refractivity contribution in [1.82, 2.24) is 0 Å². The van der Waals surface area contributed by atoms with E-state index in [2.05, 4.69) is 26.8 Å². The quantitative estimate of drug-likeness (QED) is 0.352. The molecule has 182 valence electrons. The standard InChI is InChI=1S/C29H48O3/c1-19(8-7-15-27(3,4)31)24-11-12-25-23-10-9-21-18-22(32-20(2)30)13-16-28(21,5)26(23)14-17-29(24,25)6/h9,19,22-26,31H,7-8,10-18H2,1-6H3/t19-,22+,23+,24?,25+,26+,28+,29-/m1/s1. The van der Waals surface area contributed by atoms with Crippen molar-refractivity contribution in [2.24, 2.45) is 40.4 Å². The Bertz CT molecular complexity index is 733. The molecular formula is C29H48O3. The summed E-state index contributed by atoms with van der Waals surface area (Å²) in [4.78, 5) is 11.5. The van der Waals surface area contributed by atoms with E-state index in [9.17, 15) is 9.90 Å². The molecular weight excluding hydrogens is 396 g/mol. The van der Waals surface area contributed by atoms with E-state index in [0.717, 1.165) is 55.3 Å². The molecule has 1 N–H and O–H groups in total. The molecule has 4 rings (SSSR count). The van der Waals surface area contributed by atoms with Gasteiger partial charge in [-0.1, -0.05) is 45.3 Å². The maximum absolute atomic E-state index is 11.5. The molecule has 3 heteroatoms. The van der Waals surface area contributed by atoms with Crippen molar-refractivity contribution >= 4 is 5.97 Å². The van der Waals surface area contributed by atoms with E-state index < -0.39 is 5.60 Å². The fourth-order valence-electron chi connectivity index (χ4n) is 9.00. The Balaban J connectivity index is 1.45. The SMILES string of the molecule is CC(=O)O[C@H]1CC[C@@]2(C)C(=CC[C@@H]3[C@@H]2CC[C@]2(C)C([C@H](C)CCCC(C)(C)O)CC[C@@H]32)C1. The molecule has 4 aliphatic carbocycles. The number of allylic oxidation sites excluding steroid dienone is 1. The van der Waals surface area contributed by atoms with E-state index in [1.54, 1.807) is 12.5 Å². The lowest BCUT2D eigenvalue weighted by molar-refractivity contribution is -0.148. The van der Waals surface area contributed by atoms with Crippen LogP contribution in [0.4, 0.5) is 0 Å². The first-order valence-corrected chi connectivity index (χ1v) is 13.5. The van der Waals surface area contributed by atoms with E-state index in [1.165, 1.54) is 44.9 Å². The minimum atomic E-state index is -0.532. The van der Waals surface area contributed by atoms with E-state index in [1.807, 2.05) is 13.8 Å². The van der Waals surface area contributed by atoms with Crippen molar-refractivity contribution in [1.29, 1.82) is 0 Å². The average molecular weight is 445 g/mol. The van der Waals surface area contributed by atoms with Crippen molar-refractivity contribution in [3.8, 4) is 0 Å². The van der Waals surface area contributed by atoms with Gasteiger partial charge in [-0.2, -0.15) is 0 Å². The highest BCUT2D eigenvalue weighted by atomic mass is 16.5. The molecule has 0 bridgehead atoms. The smallest absolute Gasteiger partial charge is 0.302 e. The highest BCUT2D eigenvalue weighted by molar-refractivity contribution is 5.66. The molecule has 0 heterocycles. The third-order valence-corrected chi connectivity index (χ3v) is 10.6. The summed E-state index contributed by atoms with van der Waals surface area (Å²) in [5.74, 6) is 3.98. The molecule has 4 aliphatic rings. The summed E-state index contributed by atoms with van der Waals surface area (Å²) in [6.07, 6.45) is 15.9. The van der Waals surface area contributed by atoms with E-state index in [0.29, 0.717) is 10.8 Å². The molecule has 0 spiro atoms. The van der Waals surface area contributed by atoms with Gasteiger partial charge in [0.25, 0.3) is 0 Å². The Morgan fingerprint density at radius 1 is 1.19 bits per heavy atom. The minimum Gasteiger partial charge on any atom is -0.462 e. The number of hydrogen-bond acceptors (Lipinski definition) is 3. The van der Waals surface area contributed by atoms with Gasteiger partial charge in [-0.15, -0.1) is 0 Å². The number of aliphatic hydroxyl groups is 1. The summed E-state index contributed by atoms with van der Waals surface area (Å²) in [5, 5.41) is 10.1. The third-order valence-electron chi connectivity index (χ3n) is 10.6. The fraction of sp³-hybridized carbons (Fsp3) is 0.897. The Morgan fingerprint density at radius 2 is 1.94 bits per heavy atom. The summed E-state index contributed by atoms with van der Waals surface area (Å²) in [6, 6.07) is 0. The molecule has 0 radical (unpaired) electrons. The summed E-state index contributed by atoms with van der Waals surface area (Å²) in [7, 11) is 0. The lowest BCUT2D eigenvalue weighted by Gasteiger charge is -2.58. The van der Waals surface area contributed by atoms with Crippen LogP contribution in [-0.2, 0) is 9.53 Å². The molecule has 8 atom stereocenters. The average Bonchev–Trinajstić information content (AvgIpc) is 3.04. The third kappa shape index (κ3) is 4.44. The zero-order valence-electron chi connectivity index (χ0n) is 21.6. The summed E-state index contributed by atoms with van der Waals surface area (Å²) in [6.45, 7) is 13.1. The van der Waals surface area contributed by atoms with Crippen LogP contribution >= 0.6 is 0 Å². The van der Waals surface area contributed by atoms with Gasteiger partial charge >= 0.3 is 5.97 Å². The summed E-state index contributed by atoms with van der Waals surface area (Å²) in [5.41, 5.74) is 1.87. The molecule has 1 unspecified atom stereocenters. The monoisotopic (exact) mass is 444 g/mol. The topological polar surface area (TPSA) is 46.5 Å². The largest absolute Gasteiger partial charge is 0.462 e. The first-order chi connectivity index (χ1) is 14.9. The lowest BCUT2D eigenvalue weighted by atomic mass is 9.47. The Morgan fingerprint density at radius 3 is 2.62 bits per heavy atom. The predicted molar refractivity (Wildman–Crippen MR) is 130 cm³/mol. The molecule has 0 amide bonds. The van der Waals surface area contributed by atoms with Gasteiger partial charge in [0.05, 0.1) is 5.60 Å². The molecule has 0 aromatic carbocycles. The van der Waals surface area contributed by atoms with Gasteiger partial charge in [0.2, 0.25) is 0 Å². The first kappa shape index (κ1) is 24.3. The second-order valence-electron chi connectivity index (χ2n) is 13.1. The molecule has 0 aliphatic heterocycles. The van der Waals surface area contributed by atoms with Crippen LogP contribution in [0.15, 0.2) is 11.6 Å². The van der Waals surface area contributed by atoms with Crippen LogP contribution in [-0.4, -0.2) is 22.8 Å². The second kappa shape index (κ2) is 8.75. The van der Waals surface area contributed by atoms with Crippen LogP contribution in [0.5, 0.6) is 0 Å². The summed E-state index contributed by atoms with van der Waals surface area (Å²) < 4.78 is 5.60. The Hall–Kier alpha value is -0.830. The van der Waals surface area contributed by atoms with Crippen LogP contribution in [0.25, 0.3) is 0 Å². The van der Waals surface area contributed by atoms with Crippen molar-refractivity contribution in [2.75, 3.05) is 0 Å². The zero-order chi connectivity index (χ0) is 23.3. The van der Waals surface area contributed by atoms with Crippen molar-refractivity contribution in [2.45, 2.75) is 124 Å². The number of carbonyl (C=O) groups is 1. The van der Waals surface area contributed by atoms with Crippen LogP contribution in [0.3, 0.4) is 0 Å². The van der Waals surface area contributed by atoms with Gasteiger partial charge in [0.1, 0.15) is 6.10 Å². The van der Waals surface area contributed by atoms with Gasteiger partial charge in [0, 0.05) is 13.3 Å². The molecule has 32 heavy (non-hydrogen) atoms. The molecule has 0 saturated heterocycles. The predicted octanol–water partition coefficient (Wildman–Crippen LogP) is 7.07. The molecule has 3 saturated carbocycles. The maximum atomic E-state index is 11.5.